The summed E-state index contributed by atoms with van der Waals surface area (Å²) in [7, 11) is -3.76. The second kappa shape index (κ2) is 9.97. The van der Waals surface area contributed by atoms with Crippen molar-refractivity contribution >= 4 is 37.3 Å². The average Bonchev–Trinajstić information content (AvgIpc) is 3.19. The molecule has 2 heterocycles. The summed E-state index contributed by atoms with van der Waals surface area (Å²) in [4.78, 5) is 15.1. The molecule has 1 fully saturated rings. The summed E-state index contributed by atoms with van der Waals surface area (Å²) in [5.41, 5.74) is 3.86. The van der Waals surface area contributed by atoms with Crippen molar-refractivity contribution in [3.63, 3.8) is 0 Å². The average molecular weight is 508 g/mol. The molecule has 35 heavy (non-hydrogen) atoms. The second-order valence-corrected chi connectivity index (χ2v) is 11.8. The minimum atomic E-state index is -3.76. The van der Waals surface area contributed by atoms with Gasteiger partial charge < -0.3 is 4.90 Å². The van der Waals surface area contributed by atoms with Crippen molar-refractivity contribution in [2.75, 3.05) is 18.0 Å². The lowest BCUT2D eigenvalue weighted by Crippen LogP contribution is -2.29. The van der Waals surface area contributed by atoms with E-state index < -0.39 is 10.0 Å². The molecule has 0 bridgehead atoms. The summed E-state index contributed by atoms with van der Waals surface area (Å²) in [5.74, 6) is 0. The Morgan fingerprint density at radius 2 is 1.66 bits per heavy atom. The summed E-state index contributed by atoms with van der Waals surface area (Å²) in [5, 5.41) is 0. The lowest BCUT2D eigenvalue weighted by Gasteiger charge is -2.29. The van der Waals surface area contributed by atoms with Gasteiger partial charge in [-0.05, 0) is 67.6 Å². The van der Waals surface area contributed by atoms with Gasteiger partial charge in [-0.25, -0.2) is 13.1 Å². The van der Waals surface area contributed by atoms with Crippen molar-refractivity contribution in [1.82, 2.24) is 9.29 Å². The first-order valence-corrected chi connectivity index (χ1v) is 14.3. The number of benzene rings is 3. The molecule has 0 amide bonds. The monoisotopic (exact) mass is 507 g/mol. The zero-order chi connectivity index (χ0) is 24.4. The molecule has 0 saturated carbocycles. The number of piperidine rings is 1. The number of sulfonamides is 1. The van der Waals surface area contributed by atoms with Crippen LogP contribution in [0, 0.1) is 0 Å². The number of nitrogens with one attached hydrogen (secondary N) is 1. The van der Waals surface area contributed by atoms with Crippen LogP contribution < -0.4 is 14.5 Å². The fraction of sp³-hybridized carbons (Fsp3) is 0.296. The smallest absolute Gasteiger partial charge is 0.308 e. The molecule has 6 nitrogen and oxygen atoms in total. The number of thiazole rings is 1. The molecular weight excluding hydrogens is 478 g/mol. The van der Waals surface area contributed by atoms with Crippen LogP contribution in [0.4, 0.5) is 5.69 Å². The van der Waals surface area contributed by atoms with Crippen molar-refractivity contribution in [2.24, 2.45) is 0 Å². The van der Waals surface area contributed by atoms with E-state index >= 15 is 0 Å². The highest BCUT2D eigenvalue weighted by Gasteiger charge is 2.21. The molecule has 1 aliphatic heterocycles. The number of hydrogen-bond acceptors (Lipinski definition) is 5. The van der Waals surface area contributed by atoms with E-state index in [2.05, 4.69) is 21.8 Å². The van der Waals surface area contributed by atoms with Gasteiger partial charge in [0.2, 0.25) is 10.0 Å². The molecular formula is C27H29N3O3S2. The summed E-state index contributed by atoms with van der Waals surface area (Å²) >= 11 is 1.07. The highest BCUT2D eigenvalue weighted by molar-refractivity contribution is 7.89. The summed E-state index contributed by atoms with van der Waals surface area (Å²) < 4.78 is 31.5. The third kappa shape index (κ3) is 5.19. The Balaban J connectivity index is 1.34. The standard InChI is InChI=1S/C27H29N3O3S2/c1-20(22-10-12-23(13-11-22)29-16-6-3-7-17-29)28-35(32,33)24-14-15-25-26(18-24)34-27(31)30(25)19-21-8-4-2-5-9-21/h2,4-5,8-15,18,20,28H,3,6-7,16-17,19H2,1H3/t20-/m0/s1. The maximum atomic E-state index is 13.2. The van der Waals surface area contributed by atoms with Crippen LogP contribution in [0.3, 0.4) is 0 Å². The molecule has 1 atom stereocenters. The van der Waals surface area contributed by atoms with Crippen LogP contribution in [-0.4, -0.2) is 26.1 Å². The number of hydrogen-bond donors (Lipinski definition) is 1. The molecule has 0 spiro atoms. The Morgan fingerprint density at radius 3 is 2.37 bits per heavy atom. The third-order valence-electron chi connectivity index (χ3n) is 6.58. The molecule has 1 aliphatic rings. The van der Waals surface area contributed by atoms with Gasteiger partial charge in [-0.15, -0.1) is 0 Å². The van der Waals surface area contributed by atoms with Crippen molar-refractivity contribution < 1.29 is 8.42 Å². The molecule has 1 saturated heterocycles. The largest absolute Gasteiger partial charge is 0.372 e. The number of nitrogens with zero attached hydrogens (tertiary/aromatic N) is 2. The highest BCUT2D eigenvalue weighted by atomic mass is 32.2. The lowest BCUT2D eigenvalue weighted by atomic mass is 10.1. The van der Waals surface area contributed by atoms with Gasteiger partial charge in [-0.1, -0.05) is 53.8 Å². The van der Waals surface area contributed by atoms with Crippen molar-refractivity contribution in [2.45, 2.75) is 43.7 Å². The molecule has 1 aromatic heterocycles. The maximum absolute atomic E-state index is 13.2. The predicted molar refractivity (Wildman–Crippen MR) is 143 cm³/mol. The summed E-state index contributed by atoms with van der Waals surface area (Å²) in [6.07, 6.45) is 3.72. The number of anilines is 1. The molecule has 0 unspecified atom stereocenters. The predicted octanol–water partition coefficient (Wildman–Crippen LogP) is 5.14. The summed E-state index contributed by atoms with van der Waals surface area (Å²) in [6, 6.07) is 22.4. The van der Waals surface area contributed by atoms with Crippen molar-refractivity contribution in [3.8, 4) is 0 Å². The first kappa shape index (κ1) is 23.8. The second-order valence-electron chi connectivity index (χ2n) is 9.05. The van der Waals surface area contributed by atoms with Crippen LogP contribution in [0.25, 0.3) is 10.2 Å². The maximum Gasteiger partial charge on any atom is 0.308 e. The first-order valence-electron chi connectivity index (χ1n) is 12.0. The van der Waals surface area contributed by atoms with Gasteiger partial charge in [-0.2, -0.15) is 0 Å². The molecule has 1 N–H and O–H groups in total. The van der Waals surface area contributed by atoms with E-state index in [9.17, 15) is 13.2 Å². The SMILES string of the molecule is C[C@H](NS(=O)(=O)c1ccc2c(c1)sc(=O)n2Cc1ccccc1)c1ccc(N2CCCCC2)cc1. The number of fused-ring (bicyclic) bond motifs is 1. The van der Waals surface area contributed by atoms with Gasteiger partial charge >= 0.3 is 4.87 Å². The van der Waals surface area contributed by atoms with Gasteiger partial charge in [-0.3, -0.25) is 9.36 Å². The number of rotatable bonds is 7. The highest BCUT2D eigenvalue weighted by Crippen LogP contribution is 2.26. The quantitative estimate of drug-likeness (QED) is 0.376. The van der Waals surface area contributed by atoms with E-state index in [4.69, 9.17) is 0 Å². The molecule has 0 radical (unpaired) electrons. The Morgan fingerprint density at radius 1 is 0.943 bits per heavy atom. The van der Waals surface area contributed by atoms with E-state index in [0.29, 0.717) is 11.2 Å². The number of aromatic nitrogens is 1. The van der Waals surface area contributed by atoms with Gasteiger partial charge in [0.1, 0.15) is 0 Å². The van der Waals surface area contributed by atoms with Crippen LogP contribution in [0.2, 0.25) is 0 Å². The first-order chi connectivity index (χ1) is 16.9. The molecule has 0 aliphatic carbocycles. The van der Waals surface area contributed by atoms with E-state index in [0.717, 1.165) is 41.1 Å². The zero-order valence-electron chi connectivity index (χ0n) is 19.7. The van der Waals surface area contributed by atoms with Crippen LogP contribution in [0.15, 0.2) is 82.5 Å². The Labute approximate surface area is 209 Å². The lowest BCUT2D eigenvalue weighted by molar-refractivity contribution is 0.566. The van der Waals surface area contributed by atoms with Gasteiger partial charge in [0, 0.05) is 24.8 Å². The molecule has 4 aromatic rings. The zero-order valence-corrected chi connectivity index (χ0v) is 21.3. The van der Waals surface area contributed by atoms with Crippen molar-refractivity contribution in [1.29, 1.82) is 0 Å². The Kier molecular flexibility index (Phi) is 6.77. The van der Waals surface area contributed by atoms with E-state index in [1.54, 1.807) is 22.8 Å². The molecule has 5 rings (SSSR count). The Bertz CT molecular complexity index is 1470. The van der Waals surface area contributed by atoms with Crippen LogP contribution in [0.5, 0.6) is 0 Å². The molecule has 182 valence electrons. The minimum Gasteiger partial charge on any atom is -0.372 e. The minimum absolute atomic E-state index is 0.103. The van der Waals surface area contributed by atoms with Crippen LogP contribution in [-0.2, 0) is 16.6 Å². The van der Waals surface area contributed by atoms with Crippen LogP contribution >= 0.6 is 11.3 Å². The van der Waals surface area contributed by atoms with E-state index in [-0.39, 0.29) is 15.8 Å². The molecule has 3 aromatic carbocycles. The normalized spacial score (nSPS) is 15.4. The fourth-order valence-electron chi connectivity index (χ4n) is 4.62. The topological polar surface area (TPSA) is 71.4 Å². The van der Waals surface area contributed by atoms with Gasteiger partial charge in [0.15, 0.2) is 0 Å². The van der Waals surface area contributed by atoms with E-state index in [1.165, 1.54) is 24.9 Å². The van der Waals surface area contributed by atoms with Gasteiger partial charge in [0.25, 0.3) is 0 Å². The fourth-order valence-corrected chi connectivity index (χ4v) is 6.89. The van der Waals surface area contributed by atoms with Crippen molar-refractivity contribution in [3.05, 3.63) is 93.6 Å². The third-order valence-corrected chi connectivity index (χ3v) is 9.06. The summed E-state index contributed by atoms with van der Waals surface area (Å²) in [6.45, 7) is 4.45. The van der Waals surface area contributed by atoms with Gasteiger partial charge in [0.05, 0.1) is 21.7 Å². The Hall–Kier alpha value is -2.94. The molecule has 8 heteroatoms. The van der Waals surface area contributed by atoms with Crippen LogP contribution in [0.1, 0.15) is 43.4 Å². The van der Waals surface area contributed by atoms with E-state index in [1.807, 2.05) is 49.4 Å².